The maximum absolute atomic E-state index is 12.2. The number of carbonyl (C=O) groups excluding carboxylic acids is 1. The van der Waals surface area contributed by atoms with Crippen LogP contribution in [0.2, 0.25) is 0 Å². The molecule has 1 aromatic rings. The summed E-state index contributed by atoms with van der Waals surface area (Å²) in [6, 6.07) is 0. The van der Waals surface area contributed by atoms with Gasteiger partial charge in [-0.1, -0.05) is 13.8 Å². The molecule has 2 N–H and O–H groups in total. The molecule has 1 amide bonds. The maximum atomic E-state index is 12.2. The Labute approximate surface area is 133 Å². The molecule has 0 bridgehead atoms. The zero-order chi connectivity index (χ0) is 16.2. The van der Waals surface area contributed by atoms with E-state index >= 15 is 0 Å². The lowest BCUT2D eigenvalue weighted by Crippen LogP contribution is -2.42. The fourth-order valence-electron chi connectivity index (χ4n) is 2.53. The minimum Gasteiger partial charge on any atom is -0.481 e. The van der Waals surface area contributed by atoms with E-state index in [1.54, 1.807) is 0 Å². The van der Waals surface area contributed by atoms with E-state index in [0.717, 1.165) is 24.5 Å². The van der Waals surface area contributed by atoms with Crippen molar-refractivity contribution in [2.75, 3.05) is 13.2 Å². The minimum atomic E-state index is -0.905. The normalized spacial score (nSPS) is 18.4. The third-order valence-corrected chi connectivity index (χ3v) is 5.44. The topological polar surface area (TPSA) is 88.5 Å². The van der Waals surface area contributed by atoms with Crippen molar-refractivity contribution < 1.29 is 19.4 Å². The number of hydrogen-bond donors (Lipinski definition) is 2. The van der Waals surface area contributed by atoms with E-state index in [9.17, 15) is 14.7 Å². The molecular weight excluding hydrogens is 304 g/mol. The van der Waals surface area contributed by atoms with Crippen molar-refractivity contribution in [1.82, 2.24) is 10.3 Å². The molecule has 7 heteroatoms. The average molecular weight is 326 g/mol. The largest absolute Gasteiger partial charge is 0.481 e. The summed E-state index contributed by atoms with van der Waals surface area (Å²) in [5, 5.41) is 12.9. The molecule has 1 aliphatic heterocycles. The Balaban J connectivity index is 1.98. The number of carboxylic acids is 1. The van der Waals surface area contributed by atoms with Gasteiger partial charge in [0, 0.05) is 13.2 Å². The van der Waals surface area contributed by atoms with E-state index < -0.39 is 11.4 Å². The molecular formula is C15H22N2O4S. The van der Waals surface area contributed by atoms with Crippen molar-refractivity contribution in [2.45, 2.75) is 45.6 Å². The van der Waals surface area contributed by atoms with Gasteiger partial charge in [0.2, 0.25) is 0 Å². The Bertz CT molecular complexity index is 533. The number of hydrogen-bond acceptors (Lipinski definition) is 5. The zero-order valence-corrected chi connectivity index (χ0v) is 13.7. The van der Waals surface area contributed by atoms with Gasteiger partial charge in [-0.2, -0.15) is 0 Å². The minimum absolute atomic E-state index is 0.00376. The van der Waals surface area contributed by atoms with Crippen molar-refractivity contribution in [2.24, 2.45) is 5.41 Å². The molecule has 0 aliphatic carbocycles. The summed E-state index contributed by atoms with van der Waals surface area (Å²) >= 11 is 1.32. The summed E-state index contributed by atoms with van der Waals surface area (Å²) in [7, 11) is 0. The van der Waals surface area contributed by atoms with E-state index in [2.05, 4.69) is 10.3 Å². The molecule has 0 spiro atoms. The molecule has 1 unspecified atom stereocenters. The van der Waals surface area contributed by atoms with E-state index in [4.69, 9.17) is 4.74 Å². The number of thiazole rings is 1. The third-order valence-electron chi connectivity index (χ3n) is 4.35. The van der Waals surface area contributed by atoms with Gasteiger partial charge in [-0.3, -0.25) is 9.59 Å². The number of aromatic nitrogens is 1. The number of nitrogens with one attached hydrogen (secondary N) is 1. The first-order valence-corrected chi connectivity index (χ1v) is 8.43. The van der Waals surface area contributed by atoms with Crippen LogP contribution in [0.4, 0.5) is 0 Å². The highest BCUT2D eigenvalue weighted by molar-refractivity contribution is 7.13. The number of rotatable bonds is 7. The van der Waals surface area contributed by atoms with Gasteiger partial charge in [-0.25, -0.2) is 4.98 Å². The van der Waals surface area contributed by atoms with E-state index in [-0.39, 0.29) is 18.6 Å². The SMILES string of the molecule is CCC(CC)(CNC(=O)c1cnc(C2CCCO2)s1)C(=O)O. The monoisotopic (exact) mass is 326 g/mol. The zero-order valence-electron chi connectivity index (χ0n) is 12.9. The molecule has 1 fully saturated rings. The second-order valence-electron chi connectivity index (χ2n) is 5.54. The number of carboxylic acid groups (broad SMARTS) is 1. The summed E-state index contributed by atoms with van der Waals surface area (Å²) in [6.45, 7) is 4.51. The maximum Gasteiger partial charge on any atom is 0.311 e. The van der Waals surface area contributed by atoms with Crippen LogP contribution in [0, 0.1) is 5.41 Å². The summed E-state index contributed by atoms with van der Waals surface area (Å²) in [4.78, 5) is 28.4. The van der Waals surface area contributed by atoms with Crippen molar-refractivity contribution in [1.29, 1.82) is 0 Å². The smallest absolute Gasteiger partial charge is 0.311 e. The molecule has 1 aliphatic rings. The molecule has 122 valence electrons. The van der Waals surface area contributed by atoms with Crippen molar-refractivity contribution >= 4 is 23.2 Å². The van der Waals surface area contributed by atoms with Crippen LogP contribution in [0.15, 0.2) is 6.20 Å². The van der Waals surface area contributed by atoms with Crippen LogP contribution < -0.4 is 5.32 Å². The fourth-order valence-corrected chi connectivity index (χ4v) is 3.45. The summed E-state index contributed by atoms with van der Waals surface area (Å²) in [5.41, 5.74) is -0.905. The lowest BCUT2D eigenvalue weighted by molar-refractivity contribution is -0.149. The van der Waals surface area contributed by atoms with E-state index in [0.29, 0.717) is 17.7 Å². The molecule has 2 rings (SSSR count). The Hall–Kier alpha value is -1.47. The quantitative estimate of drug-likeness (QED) is 0.804. The summed E-state index contributed by atoms with van der Waals surface area (Å²) in [5.74, 6) is -1.14. The van der Waals surface area contributed by atoms with Crippen LogP contribution in [0.3, 0.4) is 0 Å². The van der Waals surface area contributed by atoms with E-state index in [1.165, 1.54) is 17.5 Å². The van der Waals surface area contributed by atoms with Gasteiger partial charge in [-0.05, 0) is 25.7 Å². The molecule has 0 radical (unpaired) electrons. The lowest BCUT2D eigenvalue weighted by atomic mass is 9.82. The van der Waals surface area contributed by atoms with Crippen LogP contribution in [-0.2, 0) is 9.53 Å². The highest BCUT2D eigenvalue weighted by atomic mass is 32.1. The van der Waals surface area contributed by atoms with Crippen LogP contribution in [0.25, 0.3) is 0 Å². The number of nitrogens with zero attached hydrogens (tertiary/aromatic N) is 1. The van der Waals surface area contributed by atoms with Crippen LogP contribution in [0.5, 0.6) is 0 Å². The third kappa shape index (κ3) is 3.47. The molecule has 1 atom stereocenters. The Morgan fingerprint density at radius 3 is 2.77 bits per heavy atom. The van der Waals surface area contributed by atoms with Gasteiger partial charge in [0.15, 0.2) is 0 Å². The second kappa shape index (κ2) is 7.19. The van der Waals surface area contributed by atoms with Crippen molar-refractivity contribution in [3.8, 4) is 0 Å². The number of aliphatic carboxylic acids is 1. The predicted molar refractivity (Wildman–Crippen MR) is 83.0 cm³/mol. The van der Waals surface area contributed by atoms with Crippen LogP contribution in [0.1, 0.15) is 60.3 Å². The fraction of sp³-hybridized carbons (Fsp3) is 0.667. The van der Waals surface area contributed by atoms with Crippen molar-refractivity contribution in [3.63, 3.8) is 0 Å². The van der Waals surface area contributed by atoms with Crippen molar-refractivity contribution in [3.05, 3.63) is 16.1 Å². The van der Waals surface area contributed by atoms with Gasteiger partial charge in [0.25, 0.3) is 5.91 Å². The number of carbonyl (C=O) groups is 2. The molecule has 22 heavy (non-hydrogen) atoms. The number of ether oxygens (including phenoxy) is 1. The van der Waals surface area contributed by atoms with Crippen LogP contribution >= 0.6 is 11.3 Å². The lowest BCUT2D eigenvalue weighted by Gasteiger charge is -2.26. The first-order valence-electron chi connectivity index (χ1n) is 7.61. The van der Waals surface area contributed by atoms with Gasteiger partial charge < -0.3 is 15.2 Å². The molecule has 0 saturated carbocycles. The molecule has 0 aromatic carbocycles. The molecule has 2 heterocycles. The van der Waals surface area contributed by atoms with Gasteiger partial charge >= 0.3 is 5.97 Å². The van der Waals surface area contributed by atoms with Crippen LogP contribution in [-0.4, -0.2) is 35.1 Å². The predicted octanol–water partition coefficient (Wildman–Crippen LogP) is 2.62. The molecule has 1 saturated heterocycles. The van der Waals surface area contributed by atoms with Gasteiger partial charge in [-0.15, -0.1) is 11.3 Å². The highest BCUT2D eigenvalue weighted by Crippen LogP contribution is 2.31. The Kier molecular flexibility index (Phi) is 5.52. The average Bonchev–Trinajstić information content (AvgIpc) is 3.19. The van der Waals surface area contributed by atoms with E-state index in [1.807, 2.05) is 13.8 Å². The highest BCUT2D eigenvalue weighted by Gasteiger charge is 2.35. The molecule has 1 aromatic heterocycles. The first-order chi connectivity index (χ1) is 10.5. The second-order valence-corrected chi connectivity index (χ2v) is 6.60. The Morgan fingerprint density at radius 1 is 1.50 bits per heavy atom. The van der Waals surface area contributed by atoms with Gasteiger partial charge in [0.05, 0.1) is 11.6 Å². The summed E-state index contributed by atoms with van der Waals surface area (Å²) < 4.78 is 5.55. The first kappa shape index (κ1) is 16.9. The standard InChI is InChI=1S/C15H22N2O4S/c1-3-15(4-2,14(19)20)9-17-12(18)11-8-16-13(22-11)10-6-5-7-21-10/h8,10H,3-7,9H2,1-2H3,(H,17,18)(H,19,20). The number of amides is 1. The Morgan fingerprint density at radius 2 is 2.23 bits per heavy atom. The molecule has 6 nitrogen and oxygen atoms in total. The van der Waals surface area contributed by atoms with Gasteiger partial charge in [0.1, 0.15) is 16.0 Å². The summed E-state index contributed by atoms with van der Waals surface area (Å²) in [6.07, 6.45) is 4.43.